The Hall–Kier alpha value is -1.52. The molecule has 8 unspecified atom stereocenters. The SMILES string of the molecule is NC1NN2CC(F)CNC2C1C(=O)NC1CNCC(F)C1N1CCN(C(=O)C2CNCCO2)CC1. The second-order valence-electron chi connectivity index (χ2n) is 9.99. The lowest BCUT2D eigenvalue weighted by Crippen LogP contribution is -2.68. The Balaban J connectivity index is 1.19. The lowest BCUT2D eigenvalue weighted by molar-refractivity contribution is -0.147. The molecule has 0 radical (unpaired) electrons. The quantitative estimate of drug-likeness (QED) is 0.225. The van der Waals surface area contributed by atoms with Gasteiger partial charge >= 0.3 is 0 Å². The van der Waals surface area contributed by atoms with Gasteiger partial charge in [0, 0.05) is 65.4 Å². The van der Waals surface area contributed by atoms with Crippen molar-refractivity contribution in [1.29, 1.82) is 0 Å². The van der Waals surface area contributed by atoms with Crippen LogP contribution in [-0.4, -0.2) is 142 Å². The number of morpholine rings is 1. The normalized spacial score (nSPS) is 41.4. The second-order valence-corrected chi connectivity index (χ2v) is 9.99. The summed E-state index contributed by atoms with van der Waals surface area (Å²) in [6.45, 7) is 4.71. The molecule has 2 amide bonds. The third-order valence-electron chi connectivity index (χ3n) is 7.69. The van der Waals surface area contributed by atoms with Crippen molar-refractivity contribution in [1.82, 2.24) is 41.5 Å². The van der Waals surface area contributed by atoms with Crippen molar-refractivity contribution in [2.45, 2.75) is 42.9 Å². The summed E-state index contributed by atoms with van der Waals surface area (Å²) < 4.78 is 34.5. The molecule has 5 aliphatic heterocycles. The average Bonchev–Trinajstić information content (AvgIpc) is 3.19. The molecule has 7 N–H and O–H groups in total. The second kappa shape index (κ2) is 10.8. The number of nitrogens with two attached hydrogens (primary N) is 1. The van der Waals surface area contributed by atoms with E-state index in [1.54, 1.807) is 9.91 Å². The monoisotopic (exact) mass is 501 g/mol. The number of ether oxygens (including phenoxy) is 1. The van der Waals surface area contributed by atoms with Crippen LogP contribution in [0.15, 0.2) is 0 Å². The highest BCUT2D eigenvalue weighted by atomic mass is 19.1. The summed E-state index contributed by atoms with van der Waals surface area (Å²) in [5, 5.41) is 14.0. The molecule has 5 rings (SSSR count). The number of fused-ring (bicyclic) bond motifs is 1. The van der Waals surface area contributed by atoms with E-state index in [4.69, 9.17) is 10.5 Å². The van der Waals surface area contributed by atoms with Gasteiger partial charge in [-0.2, -0.15) is 0 Å². The van der Waals surface area contributed by atoms with Crippen LogP contribution < -0.4 is 32.4 Å². The van der Waals surface area contributed by atoms with E-state index in [0.29, 0.717) is 45.9 Å². The number of nitrogens with one attached hydrogen (secondary N) is 5. The maximum atomic E-state index is 15.2. The first-order valence-electron chi connectivity index (χ1n) is 12.6. The van der Waals surface area contributed by atoms with Crippen LogP contribution in [0.25, 0.3) is 0 Å². The first kappa shape index (κ1) is 25.1. The number of amides is 2. The van der Waals surface area contributed by atoms with Crippen molar-refractivity contribution in [3.63, 3.8) is 0 Å². The molecule has 5 saturated heterocycles. The molecule has 0 aromatic carbocycles. The number of hydrazine groups is 1. The van der Waals surface area contributed by atoms with Crippen LogP contribution in [-0.2, 0) is 14.3 Å². The molecular weight excluding hydrogens is 464 g/mol. The van der Waals surface area contributed by atoms with Crippen molar-refractivity contribution in [2.24, 2.45) is 11.7 Å². The standard InChI is InChI=1S/C21H37F2N9O3/c22-12-7-27-19-16(18(24)29-32(19)11-12)20(33)28-14-9-26-8-13(23)17(14)30-2-4-31(5-3-30)21(34)15-10-25-1-6-35-15/h12-19,25-27,29H,1-11,24H2,(H,28,33). The number of piperazine rings is 1. The van der Waals surface area contributed by atoms with Gasteiger partial charge in [-0.3, -0.25) is 19.8 Å². The molecule has 5 aliphatic rings. The van der Waals surface area contributed by atoms with Crippen LogP contribution in [0.3, 0.4) is 0 Å². The Kier molecular flexibility index (Phi) is 7.79. The molecule has 0 saturated carbocycles. The lowest BCUT2D eigenvalue weighted by atomic mass is 9.94. The van der Waals surface area contributed by atoms with E-state index < -0.39 is 48.8 Å². The first-order chi connectivity index (χ1) is 16.9. The van der Waals surface area contributed by atoms with E-state index in [1.807, 2.05) is 4.90 Å². The highest BCUT2D eigenvalue weighted by molar-refractivity contribution is 5.81. The van der Waals surface area contributed by atoms with Gasteiger partial charge in [0.05, 0.1) is 36.9 Å². The van der Waals surface area contributed by atoms with E-state index >= 15 is 4.39 Å². The fourth-order valence-electron chi connectivity index (χ4n) is 5.92. The average molecular weight is 502 g/mol. The fourth-order valence-corrected chi connectivity index (χ4v) is 5.92. The Bertz CT molecular complexity index is 768. The molecule has 35 heavy (non-hydrogen) atoms. The summed E-state index contributed by atoms with van der Waals surface area (Å²) in [6.07, 6.45) is -3.77. The molecule has 5 heterocycles. The molecule has 198 valence electrons. The van der Waals surface area contributed by atoms with Gasteiger partial charge in [0.1, 0.15) is 18.4 Å². The summed E-state index contributed by atoms with van der Waals surface area (Å²) in [5.41, 5.74) is 9.15. The molecule has 8 atom stereocenters. The molecule has 0 bridgehead atoms. The fraction of sp³-hybridized carbons (Fsp3) is 0.905. The van der Waals surface area contributed by atoms with Crippen LogP contribution in [0.4, 0.5) is 8.78 Å². The Morgan fingerprint density at radius 3 is 2.57 bits per heavy atom. The van der Waals surface area contributed by atoms with Gasteiger partial charge in [-0.05, 0) is 0 Å². The summed E-state index contributed by atoms with van der Waals surface area (Å²) in [5.74, 6) is -0.961. The topological polar surface area (TPSA) is 139 Å². The zero-order valence-electron chi connectivity index (χ0n) is 19.8. The zero-order chi connectivity index (χ0) is 24.5. The number of piperidine rings is 1. The minimum atomic E-state index is -1.17. The van der Waals surface area contributed by atoms with Crippen LogP contribution in [0.2, 0.25) is 0 Å². The summed E-state index contributed by atoms with van der Waals surface area (Å²) >= 11 is 0. The predicted molar refractivity (Wildman–Crippen MR) is 122 cm³/mol. The summed E-state index contributed by atoms with van der Waals surface area (Å²) in [4.78, 5) is 29.9. The molecule has 5 fully saturated rings. The molecular formula is C21H37F2N9O3. The van der Waals surface area contributed by atoms with Crippen LogP contribution in [0, 0.1) is 5.92 Å². The molecule has 14 heteroatoms. The van der Waals surface area contributed by atoms with E-state index in [0.717, 1.165) is 6.54 Å². The minimum absolute atomic E-state index is 0.0356. The van der Waals surface area contributed by atoms with Crippen LogP contribution in [0.5, 0.6) is 0 Å². The summed E-state index contributed by atoms with van der Waals surface area (Å²) in [7, 11) is 0. The van der Waals surface area contributed by atoms with E-state index in [2.05, 4.69) is 26.7 Å². The number of carbonyl (C=O) groups is 2. The number of halogens is 2. The van der Waals surface area contributed by atoms with Crippen molar-refractivity contribution in [2.75, 3.05) is 72.1 Å². The van der Waals surface area contributed by atoms with Gasteiger partial charge in [0.15, 0.2) is 0 Å². The number of alkyl halides is 2. The van der Waals surface area contributed by atoms with Gasteiger partial charge in [0.25, 0.3) is 5.91 Å². The minimum Gasteiger partial charge on any atom is -0.366 e. The Labute approximate surface area is 203 Å². The van der Waals surface area contributed by atoms with E-state index in [9.17, 15) is 14.0 Å². The third-order valence-corrected chi connectivity index (χ3v) is 7.69. The third kappa shape index (κ3) is 5.30. The van der Waals surface area contributed by atoms with Crippen molar-refractivity contribution in [3.8, 4) is 0 Å². The highest BCUT2D eigenvalue weighted by Crippen LogP contribution is 2.24. The highest BCUT2D eigenvalue weighted by Gasteiger charge is 2.48. The van der Waals surface area contributed by atoms with Gasteiger partial charge in [-0.1, -0.05) is 0 Å². The Morgan fingerprint density at radius 2 is 1.83 bits per heavy atom. The lowest BCUT2D eigenvalue weighted by Gasteiger charge is -2.46. The van der Waals surface area contributed by atoms with Gasteiger partial charge < -0.3 is 31.3 Å². The zero-order valence-corrected chi connectivity index (χ0v) is 19.8. The number of rotatable bonds is 4. The molecule has 0 spiro atoms. The van der Waals surface area contributed by atoms with Gasteiger partial charge in [-0.15, -0.1) is 0 Å². The number of hydrogen-bond acceptors (Lipinski definition) is 10. The molecule has 0 aromatic heterocycles. The van der Waals surface area contributed by atoms with Crippen molar-refractivity contribution >= 4 is 11.8 Å². The molecule has 12 nitrogen and oxygen atoms in total. The summed E-state index contributed by atoms with van der Waals surface area (Å²) in [6, 6.07) is -0.973. The van der Waals surface area contributed by atoms with Gasteiger partial charge in [-0.25, -0.2) is 19.2 Å². The first-order valence-corrected chi connectivity index (χ1v) is 12.6. The number of carbonyl (C=O) groups excluding carboxylic acids is 2. The predicted octanol–water partition coefficient (Wildman–Crippen LogP) is -4.10. The maximum Gasteiger partial charge on any atom is 0.253 e. The van der Waals surface area contributed by atoms with Crippen LogP contribution in [0.1, 0.15) is 0 Å². The largest absolute Gasteiger partial charge is 0.366 e. The molecule has 0 aromatic rings. The van der Waals surface area contributed by atoms with Crippen LogP contribution >= 0.6 is 0 Å². The maximum absolute atomic E-state index is 15.2. The number of hydrogen-bond donors (Lipinski definition) is 6. The number of nitrogens with zero attached hydrogens (tertiary/aromatic N) is 3. The van der Waals surface area contributed by atoms with E-state index in [-0.39, 0.29) is 31.4 Å². The molecule has 0 aliphatic carbocycles. The van der Waals surface area contributed by atoms with E-state index in [1.165, 1.54) is 0 Å². The smallest absolute Gasteiger partial charge is 0.253 e. The Morgan fingerprint density at radius 1 is 1.03 bits per heavy atom. The van der Waals surface area contributed by atoms with Gasteiger partial charge in [0.2, 0.25) is 5.91 Å². The van der Waals surface area contributed by atoms with Crippen molar-refractivity contribution < 1.29 is 23.1 Å². The van der Waals surface area contributed by atoms with Crippen molar-refractivity contribution in [3.05, 3.63) is 0 Å².